The van der Waals surface area contributed by atoms with Gasteiger partial charge in [0.25, 0.3) is 5.91 Å². The van der Waals surface area contributed by atoms with Gasteiger partial charge in [0.15, 0.2) is 0 Å². The van der Waals surface area contributed by atoms with Gasteiger partial charge in [-0.1, -0.05) is 48.5 Å². The molecule has 0 atom stereocenters. The number of benzene rings is 2. The van der Waals surface area contributed by atoms with E-state index in [1.165, 1.54) is 5.56 Å². The van der Waals surface area contributed by atoms with Crippen molar-refractivity contribution in [1.29, 1.82) is 5.26 Å². The van der Waals surface area contributed by atoms with Crippen LogP contribution in [0.25, 0.3) is 0 Å². The number of nitrogens with zero attached hydrogens (tertiary/aromatic N) is 2. The summed E-state index contributed by atoms with van der Waals surface area (Å²) in [6.45, 7) is 0.915. The minimum absolute atomic E-state index is 0.107. The van der Waals surface area contributed by atoms with Gasteiger partial charge in [-0.25, -0.2) is 4.98 Å². The van der Waals surface area contributed by atoms with Gasteiger partial charge in [-0.15, -0.1) is 0 Å². The molecule has 2 aromatic carbocycles. The molecule has 0 aliphatic carbocycles. The van der Waals surface area contributed by atoms with Crippen LogP contribution < -0.4 is 10.6 Å². The molecule has 3 rings (SSSR count). The van der Waals surface area contributed by atoms with Crippen molar-refractivity contribution in [2.45, 2.75) is 6.42 Å². The van der Waals surface area contributed by atoms with E-state index in [1.807, 2.05) is 42.5 Å². The Hall–Kier alpha value is -3.65. The molecule has 0 fully saturated rings. The Morgan fingerprint density at radius 2 is 1.74 bits per heavy atom. The predicted molar refractivity (Wildman–Crippen MR) is 105 cm³/mol. The third-order valence-corrected chi connectivity index (χ3v) is 4.13. The van der Waals surface area contributed by atoms with Gasteiger partial charge < -0.3 is 10.6 Å². The van der Waals surface area contributed by atoms with Crippen LogP contribution in [0.2, 0.25) is 0 Å². The smallest absolute Gasteiger partial charge is 0.251 e. The third-order valence-electron chi connectivity index (χ3n) is 4.13. The molecular formula is C22H20N4O. The molecule has 0 radical (unpaired) electrons. The van der Waals surface area contributed by atoms with Gasteiger partial charge in [-0.3, -0.25) is 4.79 Å². The van der Waals surface area contributed by atoms with E-state index >= 15 is 0 Å². The average molecular weight is 356 g/mol. The van der Waals surface area contributed by atoms with Crippen LogP contribution in [0.4, 0.5) is 5.82 Å². The van der Waals surface area contributed by atoms with Gasteiger partial charge >= 0.3 is 0 Å². The van der Waals surface area contributed by atoms with Crippen molar-refractivity contribution in [3.8, 4) is 6.07 Å². The van der Waals surface area contributed by atoms with Crippen molar-refractivity contribution < 1.29 is 4.79 Å². The molecule has 0 spiro atoms. The summed E-state index contributed by atoms with van der Waals surface area (Å²) < 4.78 is 0. The second kappa shape index (κ2) is 9.16. The lowest BCUT2D eigenvalue weighted by Crippen LogP contribution is -2.29. The Kier molecular flexibility index (Phi) is 6.16. The number of nitriles is 1. The number of hydrogen-bond acceptors (Lipinski definition) is 4. The van der Waals surface area contributed by atoms with Crippen molar-refractivity contribution in [2.75, 3.05) is 18.4 Å². The molecule has 134 valence electrons. The van der Waals surface area contributed by atoms with E-state index < -0.39 is 0 Å². The Morgan fingerprint density at radius 3 is 2.56 bits per heavy atom. The highest BCUT2D eigenvalue weighted by molar-refractivity contribution is 5.95. The number of pyridine rings is 1. The molecule has 0 aliphatic heterocycles. The monoisotopic (exact) mass is 356 g/mol. The van der Waals surface area contributed by atoms with Crippen molar-refractivity contribution in [3.63, 3.8) is 0 Å². The molecule has 5 heteroatoms. The van der Waals surface area contributed by atoms with Crippen LogP contribution in [0, 0.1) is 11.3 Å². The van der Waals surface area contributed by atoms with E-state index in [-0.39, 0.29) is 5.91 Å². The van der Waals surface area contributed by atoms with Crippen molar-refractivity contribution in [1.82, 2.24) is 10.3 Å². The lowest BCUT2D eigenvalue weighted by molar-refractivity contribution is 0.0954. The standard InChI is InChI=1S/C22H20N4O/c23-16-19-10-6-12-24-21(19)25-13-14-26-22(27)20-11-5-4-9-18(20)15-17-7-2-1-3-8-17/h1-12H,13-15H2,(H,24,25)(H,26,27). The summed E-state index contributed by atoms with van der Waals surface area (Å²) >= 11 is 0. The normalized spacial score (nSPS) is 10.0. The number of rotatable bonds is 7. The summed E-state index contributed by atoms with van der Waals surface area (Å²) in [6.07, 6.45) is 2.34. The fraction of sp³-hybridized carbons (Fsp3) is 0.136. The Labute approximate surface area is 158 Å². The number of anilines is 1. The first kappa shape index (κ1) is 18.2. The SMILES string of the molecule is N#Cc1cccnc1NCCNC(=O)c1ccccc1Cc1ccccc1. The fourth-order valence-electron chi connectivity index (χ4n) is 2.80. The van der Waals surface area contributed by atoms with Gasteiger partial charge in [0.05, 0.1) is 5.56 Å². The summed E-state index contributed by atoms with van der Waals surface area (Å²) in [5, 5.41) is 15.1. The van der Waals surface area contributed by atoms with E-state index in [0.29, 0.717) is 36.5 Å². The van der Waals surface area contributed by atoms with E-state index in [4.69, 9.17) is 5.26 Å². The molecule has 0 saturated heterocycles. The Balaban J connectivity index is 1.58. The maximum atomic E-state index is 12.6. The van der Waals surface area contributed by atoms with Gasteiger partial charge in [-0.05, 0) is 35.7 Å². The molecule has 0 unspecified atom stereocenters. The lowest BCUT2D eigenvalue weighted by Gasteiger charge is -2.11. The van der Waals surface area contributed by atoms with Crippen LogP contribution in [-0.4, -0.2) is 24.0 Å². The molecule has 0 saturated carbocycles. The number of carbonyl (C=O) groups is 1. The zero-order valence-electron chi connectivity index (χ0n) is 14.9. The van der Waals surface area contributed by atoms with E-state index in [9.17, 15) is 4.79 Å². The topological polar surface area (TPSA) is 77.8 Å². The Bertz CT molecular complexity index is 948. The molecule has 27 heavy (non-hydrogen) atoms. The van der Waals surface area contributed by atoms with Crippen LogP contribution in [0.15, 0.2) is 72.9 Å². The van der Waals surface area contributed by atoms with Gasteiger partial charge in [0.1, 0.15) is 11.9 Å². The zero-order valence-corrected chi connectivity index (χ0v) is 14.9. The van der Waals surface area contributed by atoms with Crippen LogP contribution in [-0.2, 0) is 6.42 Å². The minimum Gasteiger partial charge on any atom is -0.367 e. The number of hydrogen-bond donors (Lipinski definition) is 2. The van der Waals surface area contributed by atoms with Gasteiger partial charge in [-0.2, -0.15) is 5.26 Å². The maximum absolute atomic E-state index is 12.6. The molecule has 1 amide bonds. The molecular weight excluding hydrogens is 336 g/mol. The van der Waals surface area contributed by atoms with Gasteiger partial charge in [0, 0.05) is 24.8 Å². The van der Waals surface area contributed by atoms with Crippen molar-refractivity contribution >= 4 is 11.7 Å². The second-order valence-corrected chi connectivity index (χ2v) is 6.01. The van der Waals surface area contributed by atoms with Crippen LogP contribution in [0.5, 0.6) is 0 Å². The van der Waals surface area contributed by atoms with Gasteiger partial charge in [0.2, 0.25) is 0 Å². The lowest BCUT2D eigenvalue weighted by atomic mass is 9.99. The van der Waals surface area contributed by atoms with E-state index in [2.05, 4.69) is 33.8 Å². The quantitative estimate of drug-likeness (QED) is 0.636. The maximum Gasteiger partial charge on any atom is 0.251 e. The minimum atomic E-state index is -0.107. The summed E-state index contributed by atoms with van der Waals surface area (Å²) in [5.74, 6) is 0.420. The molecule has 1 heterocycles. The summed E-state index contributed by atoms with van der Waals surface area (Å²) in [5.41, 5.74) is 3.32. The summed E-state index contributed by atoms with van der Waals surface area (Å²) in [7, 11) is 0. The summed E-state index contributed by atoms with van der Waals surface area (Å²) in [4.78, 5) is 16.7. The second-order valence-electron chi connectivity index (χ2n) is 6.01. The van der Waals surface area contributed by atoms with Crippen molar-refractivity contribution in [3.05, 3.63) is 95.2 Å². The highest BCUT2D eigenvalue weighted by Crippen LogP contribution is 2.14. The number of nitrogens with one attached hydrogen (secondary N) is 2. The number of amides is 1. The highest BCUT2D eigenvalue weighted by Gasteiger charge is 2.11. The Morgan fingerprint density at radius 1 is 0.963 bits per heavy atom. The first-order valence-corrected chi connectivity index (χ1v) is 8.77. The third kappa shape index (κ3) is 4.93. The molecule has 3 aromatic rings. The molecule has 2 N–H and O–H groups in total. The number of aromatic nitrogens is 1. The first-order valence-electron chi connectivity index (χ1n) is 8.77. The average Bonchev–Trinajstić information content (AvgIpc) is 2.72. The number of carbonyl (C=O) groups excluding carboxylic acids is 1. The van der Waals surface area contributed by atoms with Crippen LogP contribution in [0.3, 0.4) is 0 Å². The predicted octanol–water partition coefficient (Wildman–Crippen LogP) is 3.39. The van der Waals surface area contributed by atoms with E-state index in [1.54, 1.807) is 18.3 Å². The van der Waals surface area contributed by atoms with Crippen LogP contribution >= 0.6 is 0 Å². The molecule has 0 aliphatic rings. The zero-order chi connectivity index (χ0) is 18.9. The fourth-order valence-corrected chi connectivity index (χ4v) is 2.80. The van der Waals surface area contributed by atoms with Crippen LogP contribution in [0.1, 0.15) is 27.0 Å². The first-order chi connectivity index (χ1) is 13.3. The molecule has 0 bridgehead atoms. The van der Waals surface area contributed by atoms with Crippen molar-refractivity contribution in [2.24, 2.45) is 0 Å². The summed E-state index contributed by atoms with van der Waals surface area (Å²) in [6, 6.07) is 23.2. The molecule has 5 nitrogen and oxygen atoms in total. The van der Waals surface area contributed by atoms with E-state index in [0.717, 1.165) is 5.56 Å². The largest absolute Gasteiger partial charge is 0.367 e. The molecule has 1 aromatic heterocycles. The highest BCUT2D eigenvalue weighted by atomic mass is 16.1.